The average molecular weight is 190 g/mol. The van der Waals surface area contributed by atoms with Crippen LogP contribution in [0.4, 0.5) is 0 Å². The lowest BCUT2D eigenvalue weighted by Crippen LogP contribution is -1.59. The van der Waals surface area contributed by atoms with E-state index in [0.717, 1.165) is 0 Å². The first-order valence-electron chi connectivity index (χ1n) is 3.89. The first kappa shape index (κ1) is 13.6. The van der Waals surface area contributed by atoms with Gasteiger partial charge in [0.2, 0.25) is 0 Å². The van der Waals surface area contributed by atoms with Gasteiger partial charge in [-0.1, -0.05) is 45.2 Å². The highest BCUT2D eigenvalue weighted by Crippen LogP contribution is 1.91. The van der Waals surface area contributed by atoms with Crippen molar-refractivity contribution in [1.29, 1.82) is 0 Å². The maximum Gasteiger partial charge on any atom is -0.00934 e. The van der Waals surface area contributed by atoms with E-state index in [1.807, 2.05) is 22.9 Å². The average Bonchev–Trinajstić information content (AvgIpc) is 2.44. The summed E-state index contributed by atoms with van der Waals surface area (Å²) in [6.45, 7) is 4.42. The lowest BCUT2D eigenvalue weighted by molar-refractivity contribution is 0.772. The number of unbranched alkanes of at least 4 members (excludes halogenated alkanes) is 2. The number of hydrogen-bond donors (Lipinski definition) is 0. The van der Waals surface area contributed by atoms with Gasteiger partial charge in [0.15, 0.2) is 0 Å². The maximum absolute atomic E-state index is 2.21. The van der Waals surface area contributed by atoms with Gasteiger partial charge in [-0.2, -0.15) is 24.8 Å². The summed E-state index contributed by atoms with van der Waals surface area (Å²) in [4.78, 5) is 0. The molecule has 11 heavy (non-hydrogen) atoms. The molecule has 0 N–H and O–H groups in total. The topological polar surface area (TPSA) is 0 Å². The van der Waals surface area contributed by atoms with Crippen molar-refractivity contribution in [2.24, 2.45) is 0 Å². The van der Waals surface area contributed by atoms with Crippen molar-refractivity contribution in [2.75, 3.05) is 0 Å². The SMILES string of the molecule is CCCCC.S.c1ccsc1. The summed E-state index contributed by atoms with van der Waals surface area (Å²) in [5, 5.41) is 4.08. The second-order valence-electron chi connectivity index (χ2n) is 2.15. The summed E-state index contributed by atoms with van der Waals surface area (Å²) < 4.78 is 0. The van der Waals surface area contributed by atoms with Gasteiger partial charge < -0.3 is 0 Å². The number of thiophene rings is 1. The fourth-order valence-electron chi connectivity index (χ4n) is 0.580. The van der Waals surface area contributed by atoms with Crippen molar-refractivity contribution in [1.82, 2.24) is 0 Å². The molecule has 1 rings (SSSR count). The van der Waals surface area contributed by atoms with Crippen molar-refractivity contribution < 1.29 is 0 Å². The predicted molar refractivity (Wildman–Crippen MR) is 59.9 cm³/mol. The standard InChI is InChI=1S/C5H12.C4H4S.H2S/c1-3-5-4-2;1-2-4-5-3-1;/h3-5H2,1-2H3;1-4H;1H2. The Morgan fingerprint density at radius 2 is 1.45 bits per heavy atom. The minimum absolute atomic E-state index is 0. The second kappa shape index (κ2) is 12.7. The smallest absolute Gasteiger partial charge is 0.00934 e. The molecular weight excluding hydrogens is 172 g/mol. The highest BCUT2D eigenvalue weighted by atomic mass is 32.1. The molecular formula is C9H18S2. The molecule has 0 unspecified atom stereocenters. The third kappa shape index (κ3) is 13.1. The van der Waals surface area contributed by atoms with Gasteiger partial charge in [0.05, 0.1) is 0 Å². The molecule has 0 spiro atoms. The summed E-state index contributed by atoms with van der Waals surface area (Å²) >= 11 is 1.71. The van der Waals surface area contributed by atoms with Crippen LogP contribution in [0.3, 0.4) is 0 Å². The summed E-state index contributed by atoms with van der Waals surface area (Å²) in [6, 6.07) is 4.04. The maximum atomic E-state index is 2.21. The van der Waals surface area contributed by atoms with E-state index in [9.17, 15) is 0 Å². The van der Waals surface area contributed by atoms with Crippen LogP contribution in [0.5, 0.6) is 0 Å². The van der Waals surface area contributed by atoms with Crippen LogP contribution in [0.2, 0.25) is 0 Å². The van der Waals surface area contributed by atoms with Gasteiger partial charge in [0, 0.05) is 0 Å². The molecule has 0 aliphatic heterocycles. The van der Waals surface area contributed by atoms with Crippen LogP contribution in [-0.4, -0.2) is 0 Å². The normalized spacial score (nSPS) is 7.45. The number of hydrogen-bond acceptors (Lipinski definition) is 1. The molecule has 0 saturated carbocycles. The third-order valence-corrected chi connectivity index (χ3v) is 1.76. The summed E-state index contributed by atoms with van der Waals surface area (Å²) in [5.41, 5.74) is 0. The second-order valence-corrected chi connectivity index (χ2v) is 2.96. The molecule has 0 amide bonds. The van der Waals surface area contributed by atoms with Crippen LogP contribution in [0.15, 0.2) is 22.9 Å². The van der Waals surface area contributed by atoms with Gasteiger partial charge in [-0.15, -0.1) is 0 Å². The van der Waals surface area contributed by atoms with E-state index >= 15 is 0 Å². The Kier molecular flexibility index (Phi) is 15.7. The van der Waals surface area contributed by atoms with Crippen LogP contribution in [0.1, 0.15) is 33.1 Å². The minimum Gasteiger partial charge on any atom is -0.197 e. The molecule has 0 aliphatic rings. The highest BCUT2D eigenvalue weighted by Gasteiger charge is 1.68. The Hall–Kier alpha value is 0.0500. The zero-order valence-electron chi connectivity index (χ0n) is 7.34. The van der Waals surface area contributed by atoms with Crippen LogP contribution in [-0.2, 0) is 0 Å². The number of rotatable bonds is 2. The third-order valence-electron chi connectivity index (χ3n) is 1.13. The first-order valence-corrected chi connectivity index (χ1v) is 4.83. The van der Waals surface area contributed by atoms with Gasteiger partial charge in [-0.05, 0) is 10.8 Å². The van der Waals surface area contributed by atoms with E-state index in [0.29, 0.717) is 0 Å². The molecule has 0 atom stereocenters. The van der Waals surface area contributed by atoms with Crippen LogP contribution in [0, 0.1) is 0 Å². The molecule has 1 aromatic rings. The lowest BCUT2D eigenvalue weighted by Gasteiger charge is -1.79. The highest BCUT2D eigenvalue weighted by molar-refractivity contribution is 7.59. The summed E-state index contributed by atoms with van der Waals surface area (Å²) in [7, 11) is 0. The molecule has 0 nitrogen and oxygen atoms in total. The Morgan fingerprint density at radius 1 is 1.00 bits per heavy atom. The van der Waals surface area contributed by atoms with Gasteiger partial charge in [0.25, 0.3) is 0 Å². The van der Waals surface area contributed by atoms with Crippen LogP contribution >= 0.6 is 24.8 Å². The minimum atomic E-state index is 0. The van der Waals surface area contributed by atoms with Gasteiger partial charge in [-0.25, -0.2) is 0 Å². The zero-order chi connectivity index (χ0) is 7.66. The van der Waals surface area contributed by atoms with Crippen molar-refractivity contribution in [3.8, 4) is 0 Å². The van der Waals surface area contributed by atoms with Gasteiger partial charge in [-0.3, -0.25) is 0 Å². The molecule has 1 aromatic heterocycles. The van der Waals surface area contributed by atoms with Crippen LogP contribution < -0.4 is 0 Å². The van der Waals surface area contributed by atoms with E-state index in [-0.39, 0.29) is 13.5 Å². The van der Waals surface area contributed by atoms with Crippen molar-refractivity contribution >= 4 is 24.8 Å². The molecule has 2 heteroatoms. The quantitative estimate of drug-likeness (QED) is 0.660. The molecule has 0 radical (unpaired) electrons. The Morgan fingerprint density at radius 3 is 1.55 bits per heavy atom. The molecule has 66 valence electrons. The fourth-order valence-corrected chi connectivity index (χ4v) is 1.03. The molecule has 0 aromatic carbocycles. The lowest BCUT2D eigenvalue weighted by atomic mass is 10.3. The van der Waals surface area contributed by atoms with Crippen molar-refractivity contribution in [3.63, 3.8) is 0 Å². The first-order chi connectivity index (χ1) is 4.91. The molecule has 0 fully saturated rings. The largest absolute Gasteiger partial charge is 0.197 e. The monoisotopic (exact) mass is 190 g/mol. The van der Waals surface area contributed by atoms with E-state index in [4.69, 9.17) is 0 Å². The summed E-state index contributed by atoms with van der Waals surface area (Å²) in [5.74, 6) is 0. The summed E-state index contributed by atoms with van der Waals surface area (Å²) in [6.07, 6.45) is 4.08. The van der Waals surface area contributed by atoms with E-state index < -0.39 is 0 Å². The van der Waals surface area contributed by atoms with E-state index in [1.165, 1.54) is 19.3 Å². The Bertz CT molecular complexity index is 93.9. The molecule has 0 aliphatic carbocycles. The molecule has 0 saturated heterocycles. The predicted octanol–water partition coefficient (Wildman–Crippen LogP) is 4.06. The zero-order valence-corrected chi connectivity index (χ0v) is 9.16. The fraction of sp³-hybridized carbons (Fsp3) is 0.556. The van der Waals surface area contributed by atoms with Gasteiger partial charge in [0.1, 0.15) is 0 Å². The molecule has 0 bridgehead atoms. The van der Waals surface area contributed by atoms with Crippen LogP contribution in [0.25, 0.3) is 0 Å². The van der Waals surface area contributed by atoms with Crippen molar-refractivity contribution in [2.45, 2.75) is 33.1 Å². The Labute approximate surface area is 81.1 Å². The molecule has 1 heterocycles. The van der Waals surface area contributed by atoms with Gasteiger partial charge >= 0.3 is 0 Å². The van der Waals surface area contributed by atoms with E-state index in [2.05, 4.69) is 13.8 Å². The Balaban J connectivity index is 0. The van der Waals surface area contributed by atoms with Crippen molar-refractivity contribution in [3.05, 3.63) is 22.9 Å². The van der Waals surface area contributed by atoms with E-state index in [1.54, 1.807) is 11.3 Å².